The molecule has 0 saturated heterocycles. The van der Waals surface area contributed by atoms with E-state index in [1.54, 1.807) is 14.2 Å². The van der Waals surface area contributed by atoms with Gasteiger partial charge in [-0.05, 0) is 35.9 Å². The molecule has 1 aliphatic rings. The van der Waals surface area contributed by atoms with Gasteiger partial charge in [0.1, 0.15) is 23.4 Å². The first-order valence-corrected chi connectivity index (χ1v) is 9.60. The Balaban J connectivity index is 1.83. The lowest BCUT2D eigenvalue weighted by Gasteiger charge is -2.19. The van der Waals surface area contributed by atoms with Gasteiger partial charge in [0.15, 0.2) is 0 Å². The summed E-state index contributed by atoms with van der Waals surface area (Å²) in [5.41, 5.74) is 2.42. The highest BCUT2D eigenvalue weighted by Gasteiger charge is 2.28. The number of carbonyl (C=O) groups is 1. The topological polar surface area (TPSA) is 56.8 Å². The molecule has 0 saturated carbocycles. The summed E-state index contributed by atoms with van der Waals surface area (Å²) in [7, 11) is 3.27. The van der Waals surface area contributed by atoms with Crippen molar-refractivity contribution in [1.29, 1.82) is 0 Å². The van der Waals surface area contributed by atoms with Crippen LogP contribution in [0.5, 0.6) is 17.2 Å². The standard InChI is InChI=1S/C22H26ClNO4/c1-22(2,3)21(25)24-12-16-9-14-8-13(10-18(23)20(14)28-16)17-11-15(26-4)6-7-19(17)27-5/h6-8,10-11,16H,9,12H2,1-5H3,(H,24,25)/t16-/m1/s1. The van der Waals surface area contributed by atoms with E-state index in [0.717, 1.165) is 28.2 Å². The molecule has 0 fully saturated rings. The number of rotatable bonds is 5. The van der Waals surface area contributed by atoms with Crippen molar-refractivity contribution in [1.82, 2.24) is 5.32 Å². The fraction of sp³-hybridized carbons (Fsp3) is 0.409. The second-order valence-electron chi connectivity index (χ2n) is 7.92. The average molecular weight is 404 g/mol. The average Bonchev–Trinajstić information content (AvgIpc) is 3.08. The summed E-state index contributed by atoms with van der Waals surface area (Å²) >= 11 is 6.51. The summed E-state index contributed by atoms with van der Waals surface area (Å²) in [5.74, 6) is 2.17. The van der Waals surface area contributed by atoms with Crippen molar-refractivity contribution in [2.24, 2.45) is 5.41 Å². The summed E-state index contributed by atoms with van der Waals surface area (Å²) in [6, 6.07) is 9.58. The minimum atomic E-state index is -0.431. The van der Waals surface area contributed by atoms with Gasteiger partial charge in [0, 0.05) is 23.0 Å². The molecule has 5 nitrogen and oxygen atoms in total. The fourth-order valence-corrected chi connectivity index (χ4v) is 3.45. The number of carbonyl (C=O) groups excluding carboxylic acids is 1. The van der Waals surface area contributed by atoms with Crippen molar-refractivity contribution < 1.29 is 19.0 Å². The monoisotopic (exact) mass is 403 g/mol. The summed E-state index contributed by atoms with van der Waals surface area (Å²) in [5, 5.41) is 3.50. The van der Waals surface area contributed by atoms with Crippen LogP contribution < -0.4 is 19.5 Å². The van der Waals surface area contributed by atoms with Gasteiger partial charge in [0.2, 0.25) is 5.91 Å². The SMILES string of the molecule is COc1ccc(OC)c(-c2cc(Cl)c3c(c2)C[C@H](CNC(=O)C(C)(C)C)O3)c1. The second kappa shape index (κ2) is 7.92. The predicted octanol–water partition coefficient (Wildman–Crippen LogP) is 4.49. The molecule has 1 N–H and O–H groups in total. The Hall–Kier alpha value is -2.40. The van der Waals surface area contributed by atoms with Gasteiger partial charge in [-0.15, -0.1) is 0 Å². The summed E-state index contributed by atoms with van der Waals surface area (Å²) < 4.78 is 16.8. The highest BCUT2D eigenvalue weighted by atomic mass is 35.5. The number of halogens is 1. The molecule has 1 heterocycles. The normalized spacial score (nSPS) is 15.6. The quantitative estimate of drug-likeness (QED) is 0.799. The maximum Gasteiger partial charge on any atom is 0.225 e. The van der Waals surface area contributed by atoms with E-state index in [2.05, 4.69) is 11.4 Å². The first kappa shape index (κ1) is 20.3. The molecule has 0 bridgehead atoms. The number of benzene rings is 2. The molecule has 0 unspecified atom stereocenters. The maximum atomic E-state index is 12.1. The van der Waals surface area contributed by atoms with Crippen molar-refractivity contribution in [3.63, 3.8) is 0 Å². The zero-order valence-electron chi connectivity index (χ0n) is 16.9. The number of fused-ring (bicyclic) bond motifs is 1. The van der Waals surface area contributed by atoms with Crippen molar-refractivity contribution in [3.8, 4) is 28.4 Å². The van der Waals surface area contributed by atoms with Crippen LogP contribution in [-0.4, -0.2) is 32.8 Å². The van der Waals surface area contributed by atoms with Crippen LogP contribution in [0.15, 0.2) is 30.3 Å². The van der Waals surface area contributed by atoms with Crippen LogP contribution in [0, 0.1) is 5.41 Å². The Labute approximate surface area is 170 Å². The fourth-order valence-electron chi connectivity index (χ4n) is 3.17. The van der Waals surface area contributed by atoms with Gasteiger partial charge >= 0.3 is 0 Å². The number of methoxy groups -OCH3 is 2. The molecule has 0 radical (unpaired) electrons. The lowest BCUT2D eigenvalue weighted by Crippen LogP contribution is -2.40. The van der Waals surface area contributed by atoms with Crippen molar-refractivity contribution in [2.45, 2.75) is 33.3 Å². The first-order chi connectivity index (χ1) is 13.2. The molecule has 0 spiro atoms. The van der Waals surface area contributed by atoms with E-state index in [-0.39, 0.29) is 12.0 Å². The number of hydrogen-bond acceptors (Lipinski definition) is 4. The molecular weight excluding hydrogens is 378 g/mol. The van der Waals surface area contributed by atoms with E-state index in [0.29, 0.717) is 23.7 Å². The van der Waals surface area contributed by atoms with Crippen LogP contribution in [0.1, 0.15) is 26.3 Å². The van der Waals surface area contributed by atoms with Gasteiger partial charge < -0.3 is 19.5 Å². The van der Waals surface area contributed by atoms with E-state index in [9.17, 15) is 4.79 Å². The van der Waals surface area contributed by atoms with Gasteiger partial charge in [0.05, 0.1) is 25.8 Å². The smallest absolute Gasteiger partial charge is 0.225 e. The lowest BCUT2D eigenvalue weighted by molar-refractivity contribution is -0.128. The molecule has 2 aromatic rings. The zero-order valence-corrected chi connectivity index (χ0v) is 17.6. The van der Waals surface area contributed by atoms with Gasteiger partial charge in [-0.25, -0.2) is 0 Å². The van der Waals surface area contributed by atoms with Gasteiger partial charge in [-0.3, -0.25) is 4.79 Å². The summed E-state index contributed by atoms with van der Waals surface area (Å²) in [6.45, 7) is 6.10. The second-order valence-corrected chi connectivity index (χ2v) is 8.32. The van der Waals surface area contributed by atoms with Crippen molar-refractivity contribution in [3.05, 3.63) is 40.9 Å². The molecule has 3 rings (SSSR count). The van der Waals surface area contributed by atoms with E-state index >= 15 is 0 Å². The number of hydrogen-bond donors (Lipinski definition) is 1. The molecule has 0 aromatic heterocycles. The molecule has 28 heavy (non-hydrogen) atoms. The van der Waals surface area contributed by atoms with E-state index in [4.69, 9.17) is 25.8 Å². The highest BCUT2D eigenvalue weighted by molar-refractivity contribution is 6.32. The first-order valence-electron chi connectivity index (χ1n) is 9.22. The van der Waals surface area contributed by atoms with Crippen LogP contribution >= 0.6 is 11.6 Å². The minimum Gasteiger partial charge on any atom is -0.497 e. The Morgan fingerprint density at radius 3 is 2.61 bits per heavy atom. The Kier molecular flexibility index (Phi) is 5.75. The molecule has 6 heteroatoms. The Morgan fingerprint density at radius 2 is 1.96 bits per heavy atom. The zero-order chi connectivity index (χ0) is 20.5. The molecule has 1 amide bonds. The van der Waals surface area contributed by atoms with E-state index in [1.807, 2.05) is 45.0 Å². The molecule has 1 atom stereocenters. The molecule has 1 aliphatic heterocycles. The Morgan fingerprint density at radius 1 is 1.21 bits per heavy atom. The highest BCUT2D eigenvalue weighted by Crippen LogP contribution is 2.42. The summed E-state index contributed by atoms with van der Waals surface area (Å²) in [4.78, 5) is 12.1. The van der Waals surface area contributed by atoms with E-state index in [1.165, 1.54) is 0 Å². The van der Waals surface area contributed by atoms with Crippen LogP contribution in [0.25, 0.3) is 11.1 Å². The van der Waals surface area contributed by atoms with Crippen LogP contribution in [0.3, 0.4) is 0 Å². The Bertz CT molecular complexity index is 889. The van der Waals surface area contributed by atoms with E-state index < -0.39 is 5.41 Å². The van der Waals surface area contributed by atoms with Gasteiger partial charge in [-0.2, -0.15) is 0 Å². The lowest BCUT2D eigenvalue weighted by atomic mass is 9.95. The molecule has 0 aliphatic carbocycles. The van der Waals surface area contributed by atoms with Crippen LogP contribution in [0.2, 0.25) is 5.02 Å². The van der Waals surface area contributed by atoms with Crippen molar-refractivity contribution in [2.75, 3.05) is 20.8 Å². The largest absolute Gasteiger partial charge is 0.497 e. The third-order valence-corrected chi connectivity index (χ3v) is 5.02. The predicted molar refractivity (Wildman–Crippen MR) is 111 cm³/mol. The van der Waals surface area contributed by atoms with Crippen LogP contribution in [0.4, 0.5) is 0 Å². The van der Waals surface area contributed by atoms with Gasteiger partial charge in [-0.1, -0.05) is 32.4 Å². The molecule has 2 aromatic carbocycles. The molecular formula is C22H26ClNO4. The summed E-state index contributed by atoms with van der Waals surface area (Å²) in [6.07, 6.45) is 0.542. The number of amides is 1. The van der Waals surface area contributed by atoms with Crippen molar-refractivity contribution >= 4 is 17.5 Å². The molecule has 150 valence electrons. The third kappa shape index (κ3) is 4.20. The maximum absolute atomic E-state index is 12.1. The minimum absolute atomic E-state index is 0.0000379. The van der Waals surface area contributed by atoms with Gasteiger partial charge in [0.25, 0.3) is 0 Å². The number of nitrogens with one attached hydrogen (secondary N) is 1. The third-order valence-electron chi connectivity index (χ3n) is 4.74. The number of ether oxygens (including phenoxy) is 3. The van der Waals surface area contributed by atoms with Crippen LogP contribution in [-0.2, 0) is 11.2 Å².